The van der Waals surface area contributed by atoms with E-state index in [-0.39, 0.29) is 12.1 Å². The molecule has 2 aromatic carbocycles. The Bertz CT molecular complexity index is 923. The number of ether oxygens (including phenoxy) is 2. The molecule has 0 bridgehead atoms. The highest BCUT2D eigenvalue weighted by Gasteiger charge is 2.19. The van der Waals surface area contributed by atoms with Crippen LogP contribution in [0.25, 0.3) is 11.0 Å². The van der Waals surface area contributed by atoms with Gasteiger partial charge >= 0.3 is 0 Å². The van der Waals surface area contributed by atoms with Crippen LogP contribution in [0.15, 0.2) is 36.4 Å². The molecule has 0 aliphatic carbocycles. The molecule has 3 aromatic rings. The highest BCUT2D eigenvalue weighted by atomic mass is 35.5. The van der Waals surface area contributed by atoms with Crippen LogP contribution in [0.1, 0.15) is 37.3 Å². The van der Waals surface area contributed by atoms with Crippen LogP contribution in [-0.2, 0) is 7.05 Å². The van der Waals surface area contributed by atoms with Crippen molar-refractivity contribution in [3.05, 3.63) is 52.8 Å². The topological polar surface area (TPSA) is 48.3 Å². The minimum atomic E-state index is 0.0491. The Balaban J connectivity index is 1.86. The molecular formula is C20H24ClN3O2. The molecule has 138 valence electrons. The van der Waals surface area contributed by atoms with Gasteiger partial charge < -0.3 is 19.4 Å². The average Bonchev–Trinajstić information content (AvgIpc) is 2.96. The number of fused-ring (bicyclic) bond motifs is 1. The number of imidazole rings is 1. The molecular weight excluding hydrogens is 350 g/mol. The Labute approximate surface area is 158 Å². The maximum Gasteiger partial charge on any atom is 0.127 e. The first-order valence-electron chi connectivity index (χ1n) is 8.54. The van der Waals surface area contributed by atoms with E-state index in [9.17, 15) is 0 Å². The van der Waals surface area contributed by atoms with Crippen LogP contribution in [0.5, 0.6) is 11.5 Å². The summed E-state index contributed by atoms with van der Waals surface area (Å²) in [5.74, 6) is 2.54. The second-order valence-electron chi connectivity index (χ2n) is 6.38. The molecule has 26 heavy (non-hydrogen) atoms. The van der Waals surface area contributed by atoms with E-state index in [0.717, 1.165) is 33.9 Å². The lowest BCUT2D eigenvalue weighted by atomic mass is 10.1. The number of rotatable bonds is 6. The zero-order chi connectivity index (χ0) is 18.8. The highest BCUT2D eigenvalue weighted by Crippen LogP contribution is 2.31. The summed E-state index contributed by atoms with van der Waals surface area (Å²) < 4.78 is 12.9. The van der Waals surface area contributed by atoms with E-state index in [1.165, 1.54) is 0 Å². The van der Waals surface area contributed by atoms with E-state index in [4.69, 9.17) is 26.1 Å². The zero-order valence-electron chi connectivity index (χ0n) is 15.7. The summed E-state index contributed by atoms with van der Waals surface area (Å²) in [7, 11) is 5.34. The molecule has 0 fully saturated rings. The lowest BCUT2D eigenvalue weighted by Gasteiger charge is -2.22. The average molecular weight is 374 g/mol. The molecule has 2 atom stereocenters. The van der Waals surface area contributed by atoms with E-state index in [0.29, 0.717) is 5.02 Å². The van der Waals surface area contributed by atoms with Gasteiger partial charge in [0.1, 0.15) is 17.3 Å². The van der Waals surface area contributed by atoms with E-state index in [1.807, 2.05) is 43.4 Å². The van der Waals surface area contributed by atoms with Crippen LogP contribution >= 0.6 is 11.6 Å². The predicted molar refractivity (Wildman–Crippen MR) is 105 cm³/mol. The van der Waals surface area contributed by atoms with Crippen molar-refractivity contribution in [2.45, 2.75) is 25.9 Å². The van der Waals surface area contributed by atoms with Gasteiger partial charge in [-0.2, -0.15) is 0 Å². The third-order valence-electron chi connectivity index (χ3n) is 4.67. The molecule has 6 heteroatoms. The first-order chi connectivity index (χ1) is 12.4. The van der Waals surface area contributed by atoms with Gasteiger partial charge in [-0.1, -0.05) is 17.7 Å². The molecule has 2 unspecified atom stereocenters. The fourth-order valence-electron chi connectivity index (χ4n) is 3.29. The third kappa shape index (κ3) is 3.50. The number of nitrogens with zero attached hydrogens (tertiary/aromatic N) is 2. The predicted octanol–water partition coefficient (Wildman–Crippen LogP) is 4.66. The zero-order valence-corrected chi connectivity index (χ0v) is 16.5. The molecule has 5 nitrogen and oxygen atoms in total. The van der Waals surface area contributed by atoms with Crippen LogP contribution in [0.2, 0.25) is 5.02 Å². The lowest BCUT2D eigenvalue weighted by Crippen LogP contribution is -2.25. The largest absolute Gasteiger partial charge is 0.497 e. The van der Waals surface area contributed by atoms with Crippen LogP contribution < -0.4 is 14.8 Å². The Morgan fingerprint density at radius 3 is 2.50 bits per heavy atom. The van der Waals surface area contributed by atoms with Crippen molar-refractivity contribution >= 4 is 22.6 Å². The molecule has 0 saturated carbocycles. The summed E-state index contributed by atoms with van der Waals surface area (Å²) in [4.78, 5) is 4.75. The van der Waals surface area contributed by atoms with Crippen LogP contribution in [-0.4, -0.2) is 23.8 Å². The smallest absolute Gasteiger partial charge is 0.127 e. The highest BCUT2D eigenvalue weighted by molar-refractivity contribution is 6.31. The lowest BCUT2D eigenvalue weighted by molar-refractivity contribution is 0.381. The summed E-state index contributed by atoms with van der Waals surface area (Å²) in [5.41, 5.74) is 3.04. The Morgan fingerprint density at radius 1 is 1.04 bits per heavy atom. The van der Waals surface area contributed by atoms with Crippen molar-refractivity contribution in [1.29, 1.82) is 0 Å². The fraction of sp³-hybridized carbons (Fsp3) is 0.350. The number of aromatic nitrogens is 2. The van der Waals surface area contributed by atoms with Gasteiger partial charge in [-0.3, -0.25) is 0 Å². The minimum absolute atomic E-state index is 0.0491. The number of benzene rings is 2. The monoisotopic (exact) mass is 373 g/mol. The SMILES string of the molecule is COc1ccc(C(C)NC(C)c2nc3cc(Cl)ccc3n2C)c(OC)c1. The number of halogens is 1. The molecule has 0 radical (unpaired) electrons. The van der Waals surface area contributed by atoms with Gasteiger partial charge in [0, 0.05) is 29.7 Å². The number of hydrogen-bond acceptors (Lipinski definition) is 4. The van der Waals surface area contributed by atoms with Crippen molar-refractivity contribution < 1.29 is 9.47 Å². The van der Waals surface area contributed by atoms with Crippen molar-refractivity contribution in [2.75, 3.05) is 14.2 Å². The molecule has 0 saturated heterocycles. The van der Waals surface area contributed by atoms with E-state index >= 15 is 0 Å². The number of hydrogen-bond donors (Lipinski definition) is 1. The van der Waals surface area contributed by atoms with Crippen molar-refractivity contribution in [1.82, 2.24) is 14.9 Å². The van der Waals surface area contributed by atoms with Crippen molar-refractivity contribution in [3.8, 4) is 11.5 Å². The van der Waals surface area contributed by atoms with Gasteiger partial charge in [0.25, 0.3) is 0 Å². The number of aryl methyl sites for hydroxylation is 1. The summed E-state index contributed by atoms with van der Waals surface area (Å²) in [6.45, 7) is 4.22. The molecule has 0 aliphatic heterocycles. The standard InChI is InChI=1S/C20H24ClN3O2/c1-12(16-8-7-15(25-4)11-19(16)26-5)22-13(2)20-23-17-10-14(21)6-9-18(17)24(20)3/h6-13,22H,1-5H3. The molecule has 1 aromatic heterocycles. The van der Waals surface area contributed by atoms with E-state index in [2.05, 4.69) is 23.7 Å². The maximum atomic E-state index is 6.09. The molecule has 1 N–H and O–H groups in total. The van der Waals surface area contributed by atoms with Gasteiger partial charge in [-0.15, -0.1) is 0 Å². The van der Waals surface area contributed by atoms with Crippen molar-refractivity contribution in [2.24, 2.45) is 7.05 Å². The van der Waals surface area contributed by atoms with Gasteiger partial charge in [-0.25, -0.2) is 4.98 Å². The maximum absolute atomic E-state index is 6.09. The van der Waals surface area contributed by atoms with Gasteiger partial charge in [0.2, 0.25) is 0 Å². The minimum Gasteiger partial charge on any atom is -0.497 e. The summed E-state index contributed by atoms with van der Waals surface area (Å²) in [6.07, 6.45) is 0. The van der Waals surface area contributed by atoms with E-state index in [1.54, 1.807) is 14.2 Å². The molecule has 0 spiro atoms. The van der Waals surface area contributed by atoms with Crippen LogP contribution in [0, 0.1) is 0 Å². The fourth-order valence-corrected chi connectivity index (χ4v) is 3.46. The van der Waals surface area contributed by atoms with Gasteiger partial charge in [0.15, 0.2) is 0 Å². The van der Waals surface area contributed by atoms with Crippen LogP contribution in [0.4, 0.5) is 0 Å². The van der Waals surface area contributed by atoms with Crippen LogP contribution in [0.3, 0.4) is 0 Å². The third-order valence-corrected chi connectivity index (χ3v) is 4.91. The molecule has 0 aliphatic rings. The molecule has 3 rings (SSSR count). The quantitative estimate of drug-likeness (QED) is 0.682. The first-order valence-corrected chi connectivity index (χ1v) is 8.92. The molecule has 0 amide bonds. The number of nitrogens with one attached hydrogen (secondary N) is 1. The Kier molecular flexibility index (Phi) is 5.39. The second-order valence-corrected chi connectivity index (χ2v) is 6.82. The van der Waals surface area contributed by atoms with Gasteiger partial charge in [0.05, 0.1) is 31.3 Å². The van der Waals surface area contributed by atoms with Gasteiger partial charge in [-0.05, 0) is 38.1 Å². The number of methoxy groups -OCH3 is 2. The Morgan fingerprint density at radius 2 is 1.81 bits per heavy atom. The van der Waals surface area contributed by atoms with E-state index < -0.39 is 0 Å². The first kappa shape index (κ1) is 18.5. The molecule has 1 heterocycles. The summed E-state index contributed by atoms with van der Waals surface area (Å²) >= 11 is 6.09. The Hall–Kier alpha value is -2.24. The summed E-state index contributed by atoms with van der Waals surface area (Å²) in [5, 5.41) is 4.30. The normalized spacial score (nSPS) is 13.6. The van der Waals surface area contributed by atoms with Crippen molar-refractivity contribution in [3.63, 3.8) is 0 Å². The second kappa shape index (κ2) is 7.56. The summed E-state index contributed by atoms with van der Waals surface area (Å²) in [6, 6.07) is 11.8.